The fraction of sp³-hybridized carbons (Fsp3) is 0.455. The molecule has 0 heterocycles. The van der Waals surface area contributed by atoms with Crippen LogP contribution in [-0.2, 0) is 0 Å². The quantitative estimate of drug-likeness (QED) is 0.772. The van der Waals surface area contributed by atoms with E-state index in [9.17, 15) is 5.11 Å². The molecule has 0 aliphatic rings. The van der Waals surface area contributed by atoms with E-state index in [4.69, 9.17) is 4.74 Å². The Morgan fingerprint density at radius 3 is 2.69 bits per heavy atom. The summed E-state index contributed by atoms with van der Waals surface area (Å²) in [5.41, 5.74) is 0. The van der Waals surface area contributed by atoms with Gasteiger partial charge in [-0.2, -0.15) is 0 Å². The Kier molecular flexibility index (Phi) is 3.62. The second-order valence-electron chi connectivity index (χ2n) is 3.29. The second-order valence-corrected chi connectivity index (χ2v) is 3.29. The lowest BCUT2D eigenvalue weighted by Crippen LogP contribution is -2.07. The Morgan fingerprint density at radius 2 is 2.08 bits per heavy atom. The predicted molar refractivity (Wildman–Crippen MR) is 53.1 cm³/mol. The first kappa shape index (κ1) is 9.90. The van der Waals surface area contributed by atoms with E-state index in [1.807, 2.05) is 6.07 Å². The average Bonchev–Trinajstić information content (AvgIpc) is 2.16. The summed E-state index contributed by atoms with van der Waals surface area (Å²) in [7, 11) is 0. The maximum Gasteiger partial charge on any atom is 0.160 e. The van der Waals surface area contributed by atoms with Crippen molar-refractivity contribution in [3.63, 3.8) is 0 Å². The number of benzene rings is 1. The number of aromatic hydroxyl groups is 1. The van der Waals surface area contributed by atoms with Crippen molar-refractivity contribution in [2.45, 2.75) is 20.3 Å². The van der Waals surface area contributed by atoms with Gasteiger partial charge < -0.3 is 9.84 Å². The fourth-order valence-corrected chi connectivity index (χ4v) is 0.929. The molecule has 1 rings (SSSR count). The third-order valence-corrected chi connectivity index (χ3v) is 2.09. The predicted octanol–water partition coefficient (Wildman–Crippen LogP) is 2.82. The molecule has 13 heavy (non-hydrogen) atoms. The highest BCUT2D eigenvalue weighted by atomic mass is 16.5. The van der Waals surface area contributed by atoms with Gasteiger partial charge in [-0.05, 0) is 18.1 Å². The van der Waals surface area contributed by atoms with Crippen molar-refractivity contribution in [1.82, 2.24) is 0 Å². The van der Waals surface area contributed by atoms with E-state index in [-0.39, 0.29) is 5.75 Å². The minimum absolute atomic E-state index is 0.214. The zero-order chi connectivity index (χ0) is 9.68. The van der Waals surface area contributed by atoms with Crippen molar-refractivity contribution in [2.75, 3.05) is 6.61 Å². The molecule has 2 heteroatoms. The van der Waals surface area contributed by atoms with E-state index < -0.39 is 0 Å². The molecular formula is C11H16O2. The van der Waals surface area contributed by atoms with Gasteiger partial charge >= 0.3 is 0 Å². The lowest BCUT2D eigenvalue weighted by molar-refractivity contribution is 0.246. The minimum Gasteiger partial charge on any atom is -0.504 e. The summed E-state index contributed by atoms with van der Waals surface area (Å²) >= 11 is 0. The third kappa shape index (κ3) is 2.98. The number of rotatable bonds is 4. The molecule has 2 nitrogen and oxygen atoms in total. The highest BCUT2D eigenvalue weighted by Crippen LogP contribution is 2.24. The maximum atomic E-state index is 9.37. The molecule has 0 aliphatic heterocycles. The summed E-state index contributed by atoms with van der Waals surface area (Å²) in [4.78, 5) is 0. The van der Waals surface area contributed by atoms with Gasteiger partial charge in [-0.3, -0.25) is 0 Å². The van der Waals surface area contributed by atoms with Gasteiger partial charge in [0.15, 0.2) is 11.5 Å². The van der Waals surface area contributed by atoms with Gasteiger partial charge in [-0.1, -0.05) is 32.4 Å². The summed E-state index contributed by atoms with van der Waals surface area (Å²) in [6, 6.07) is 7.04. The Morgan fingerprint density at radius 1 is 1.38 bits per heavy atom. The number of phenols is 1. The minimum atomic E-state index is 0.214. The molecular weight excluding hydrogens is 164 g/mol. The van der Waals surface area contributed by atoms with Gasteiger partial charge in [0.1, 0.15) is 0 Å². The number of phenolic OH excluding ortho intramolecular Hbond substituents is 1. The average molecular weight is 180 g/mol. The van der Waals surface area contributed by atoms with E-state index in [2.05, 4.69) is 13.8 Å². The normalized spacial score (nSPS) is 12.5. The van der Waals surface area contributed by atoms with Gasteiger partial charge in [0.2, 0.25) is 0 Å². The number of hydrogen-bond donors (Lipinski definition) is 1. The Bertz CT molecular complexity index is 258. The molecule has 0 saturated heterocycles. The lowest BCUT2D eigenvalue weighted by Gasteiger charge is -2.11. The topological polar surface area (TPSA) is 29.5 Å². The Hall–Kier alpha value is -1.18. The van der Waals surface area contributed by atoms with Crippen LogP contribution in [0.3, 0.4) is 0 Å². The van der Waals surface area contributed by atoms with Crippen LogP contribution in [0.4, 0.5) is 0 Å². The van der Waals surface area contributed by atoms with E-state index in [1.54, 1.807) is 18.2 Å². The van der Waals surface area contributed by atoms with Gasteiger partial charge in [0.05, 0.1) is 6.61 Å². The zero-order valence-corrected chi connectivity index (χ0v) is 8.16. The summed E-state index contributed by atoms with van der Waals surface area (Å²) in [6.45, 7) is 4.91. The van der Waals surface area contributed by atoms with Gasteiger partial charge in [-0.15, -0.1) is 0 Å². The molecule has 1 unspecified atom stereocenters. The number of para-hydroxylation sites is 2. The van der Waals surface area contributed by atoms with Crippen LogP contribution in [0.5, 0.6) is 11.5 Å². The van der Waals surface area contributed by atoms with Crippen LogP contribution >= 0.6 is 0 Å². The van der Waals surface area contributed by atoms with Crippen LogP contribution < -0.4 is 4.74 Å². The van der Waals surface area contributed by atoms with Crippen molar-refractivity contribution in [1.29, 1.82) is 0 Å². The van der Waals surface area contributed by atoms with E-state index >= 15 is 0 Å². The largest absolute Gasteiger partial charge is 0.504 e. The van der Waals surface area contributed by atoms with Gasteiger partial charge in [0.25, 0.3) is 0 Å². The highest BCUT2D eigenvalue weighted by molar-refractivity contribution is 5.37. The van der Waals surface area contributed by atoms with Crippen LogP contribution in [0.25, 0.3) is 0 Å². The van der Waals surface area contributed by atoms with Crippen molar-refractivity contribution in [2.24, 2.45) is 5.92 Å². The first-order chi connectivity index (χ1) is 6.24. The number of ether oxygens (including phenoxy) is 1. The molecule has 1 aromatic carbocycles. The van der Waals surface area contributed by atoms with E-state index in [1.165, 1.54) is 0 Å². The molecule has 0 radical (unpaired) electrons. The zero-order valence-electron chi connectivity index (χ0n) is 8.16. The van der Waals surface area contributed by atoms with Crippen LogP contribution in [0.2, 0.25) is 0 Å². The second kappa shape index (κ2) is 4.75. The molecule has 72 valence electrons. The monoisotopic (exact) mass is 180 g/mol. The van der Waals surface area contributed by atoms with Crippen molar-refractivity contribution < 1.29 is 9.84 Å². The van der Waals surface area contributed by atoms with Crippen molar-refractivity contribution in [3.8, 4) is 11.5 Å². The van der Waals surface area contributed by atoms with E-state index in [0.717, 1.165) is 6.42 Å². The third-order valence-electron chi connectivity index (χ3n) is 2.09. The van der Waals surface area contributed by atoms with Crippen LogP contribution in [0.1, 0.15) is 20.3 Å². The lowest BCUT2D eigenvalue weighted by atomic mass is 10.1. The Labute approximate surface area is 79.2 Å². The van der Waals surface area contributed by atoms with Crippen molar-refractivity contribution >= 4 is 0 Å². The molecule has 0 fully saturated rings. The smallest absolute Gasteiger partial charge is 0.160 e. The highest BCUT2D eigenvalue weighted by Gasteiger charge is 2.03. The van der Waals surface area contributed by atoms with Crippen LogP contribution in [0, 0.1) is 5.92 Å². The molecule has 0 spiro atoms. The molecule has 1 atom stereocenters. The maximum absolute atomic E-state index is 9.37. The molecule has 1 N–H and O–H groups in total. The summed E-state index contributed by atoms with van der Waals surface area (Å²) in [5.74, 6) is 1.31. The Balaban J connectivity index is 2.50. The molecule has 1 aromatic rings. The molecule has 0 aliphatic carbocycles. The van der Waals surface area contributed by atoms with Crippen LogP contribution in [0.15, 0.2) is 24.3 Å². The first-order valence-corrected chi connectivity index (χ1v) is 4.64. The fourth-order valence-electron chi connectivity index (χ4n) is 0.929. The van der Waals surface area contributed by atoms with E-state index in [0.29, 0.717) is 18.3 Å². The SMILES string of the molecule is CCC(C)COc1ccccc1O. The molecule has 0 amide bonds. The van der Waals surface area contributed by atoms with Crippen molar-refractivity contribution in [3.05, 3.63) is 24.3 Å². The van der Waals surface area contributed by atoms with Gasteiger partial charge in [0, 0.05) is 0 Å². The first-order valence-electron chi connectivity index (χ1n) is 4.64. The molecule has 0 bridgehead atoms. The number of hydrogen-bond acceptors (Lipinski definition) is 2. The van der Waals surface area contributed by atoms with Crippen LogP contribution in [-0.4, -0.2) is 11.7 Å². The summed E-state index contributed by atoms with van der Waals surface area (Å²) < 4.78 is 5.44. The standard InChI is InChI=1S/C11H16O2/c1-3-9(2)8-13-11-7-5-4-6-10(11)12/h4-7,9,12H,3,8H2,1-2H3. The molecule has 0 saturated carbocycles. The van der Waals surface area contributed by atoms with Gasteiger partial charge in [-0.25, -0.2) is 0 Å². The summed E-state index contributed by atoms with van der Waals surface area (Å²) in [5, 5.41) is 9.37. The molecule has 0 aromatic heterocycles. The summed E-state index contributed by atoms with van der Waals surface area (Å²) in [6.07, 6.45) is 1.09.